The van der Waals surface area contributed by atoms with E-state index in [0.29, 0.717) is 13.0 Å². The molecule has 0 aliphatic rings. The second kappa shape index (κ2) is 7.69. The van der Waals surface area contributed by atoms with Crippen molar-refractivity contribution in [2.45, 2.75) is 12.6 Å². The molecule has 2 rings (SSSR count). The Balaban J connectivity index is 2.10. The van der Waals surface area contributed by atoms with Crippen molar-refractivity contribution in [1.82, 2.24) is 10.3 Å². The molecule has 0 bridgehead atoms. The zero-order valence-electron chi connectivity index (χ0n) is 11.9. The van der Waals surface area contributed by atoms with E-state index in [9.17, 15) is 13.2 Å². The monoisotopic (exact) mass is 330 g/mol. The number of thiol groups is 1. The SMILES string of the molecule is FC(F)(F)c1cc(OCCCNCCS)nc2ccccc12. The van der Waals surface area contributed by atoms with Crippen molar-refractivity contribution in [3.63, 3.8) is 0 Å². The molecule has 0 unspecified atom stereocenters. The molecule has 0 spiro atoms. The van der Waals surface area contributed by atoms with E-state index < -0.39 is 11.7 Å². The molecular formula is C15H17F3N2OS. The molecule has 120 valence electrons. The Morgan fingerprint density at radius 2 is 1.95 bits per heavy atom. The lowest BCUT2D eigenvalue weighted by molar-refractivity contribution is -0.136. The highest BCUT2D eigenvalue weighted by atomic mass is 32.1. The number of fused-ring (bicyclic) bond motifs is 1. The molecule has 0 aliphatic carbocycles. The average molecular weight is 330 g/mol. The summed E-state index contributed by atoms with van der Waals surface area (Å²) in [7, 11) is 0. The Hall–Kier alpha value is -1.47. The van der Waals surface area contributed by atoms with E-state index >= 15 is 0 Å². The normalized spacial score (nSPS) is 11.8. The summed E-state index contributed by atoms with van der Waals surface area (Å²) in [5.41, 5.74) is -0.443. The number of para-hydroxylation sites is 1. The van der Waals surface area contributed by atoms with Crippen molar-refractivity contribution in [1.29, 1.82) is 0 Å². The molecule has 0 saturated heterocycles. The van der Waals surface area contributed by atoms with Gasteiger partial charge in [0.05, 0.1) is 17.7 Å². The van der Waals surface area contributed by atoms with Gasteiger partial charge in [0.25, 0.3) is 0 Å². The number of alkyl halides is 3. The Morgan fingerprint density at radius 3 is 2.68 bits per heavy atom. The van der Waals surface area contributed by atoms with E-state index in [4.69, 9.17) is 4.74 Å². The van der Waals surface area contributed by atoms with Gasteiger partial charge >= 0.3 is 6.18 Å². The highest BCUT2D eigenvalue weighted by Gasteiger charge is 2.33. The predicted octanol–water partition coefficient (Wildman–Crippen LogP) is 3.54. The largest absolute Gasteiger partial charge is 0.478 e. The quantitative estimate of drug-likeness (QED) is 0.602. The topological polar surface area (TPSA) is 34.1 Å². The molecule has 0 radical (unpaired) electrons. The maximum atomic E-state index is 13.1. The summed E-state index contributed by atoms with van der Waals surface area (Å²) in [6, 6.07) is 7.14. The highest BCUT2D eigenvalue weighted by molar-refractivity contribution is 7.80. The van der Waals surface area contributed by atoms with Crippen LogP contribution in [0.4, 0.5) is 13.2 Å². The maximum Gasteiger partial charge on any atom is 0.417 e. The second-order valence-corrected chi connectivity index (χ2v) is 5.15. The zero-order chi connectivity index (χ0) is 16.0. The molecule has 0 atom stereocenters. The van der Waals surface area contributed by atoms with E-state index in [1.165, 1.54) is 6.07 Å². The van der Waals surface area contributed by atoms with E-state index in [-0.39, 0.29) is 16.8 Å². The van der Waals surface area contributed by atoms with Crippen molar-refractivity contribution in [2.24, 2.45) is 0 Å². The molecule has 0 aliphatic heterocycles. The van der Waals surface area contributed by atoms with Crippen LogP contribution in [0.5, 0.6) is 5.88 Å². The first-order valence-corrected chi connectivity index (χ1v) is 7.57. The van der Waals surface area contributed by atoms with Gasteiger partial charge in [0, 0.05) is 23.8 Å². The van der Waals surface area contributed by atoms with Gasteiger partial charge in [-0.25, -0.2) is 4.98 Å². The third kappa shape index (κ3) is 4.51. The van der Waals surface area contributed by atoms with Crippen molar-refractivity contribution in [3.05, 3.63) is 35.9 Å². The number of hydrogen-bond acceptors (Lipinski definition) is 4. The summed E-state index contributed by atoms with van der Waals surface area (Å²) in [5, 5.41) is 3.21. The first kappa shape index (κ1) is 16.9. The summed E-state index contributed by atoms with van der Waals surface area (Å²) in [4.78, 5) is 4.13. The number of hydrogen-bond donors (Lipinski definition) is 2. The van der Waals surface area contributed by atoms with Gasteiger partial charge in [-0.05, 0) is 19.0 Å². The van der Waals surface area contributed by atoms with Crippen LogP contribution < -0.4 is 10.1 Å². The lowest BCUT2D eigenvalue weighted by Crippen LogP contribution is -2.19. The van der Waals surface area contributed by atoms with Crippen molar-refractivity contribution in [2.75, 3.05) is 25.4 Å². The summed E-state index contributed by atoms with van der Waals surface area (Å²) in [5.74, 6) is 0.738. The molecule has 2 aromatic rings. The van der Waals surface area contributed by atoms with E-state index in [1.54, 1.807) is 18.2 Å². The number of nitrogens with zero attached hydrogens (tertiary/aromatic N) is 1. The minimum atomic E-state index is -4.44. The molecular weight excluding hydrogens is 313 g/mol. The van der Waals surface area contributed by atoms with Gasteiger partial charge in [0.1, 0.15) is 0 Å². The fourth-order valence-electron chi connectivity index (χ4n) is 2.04. The summed E-state index contributed by atoms with van der Waals surface area (Å²) in [6.07, 6.45) is -3.75. The van der Waals surface area contributed by atoms with Crippen LogP contribution in [0, 0.1) is 0 Å². The van der Waals surface area contributed by atoms with Gasteiger partial charge in [0.2, 0.25) is 5.88 Å². The number of rotatable bonds is 7. The number of ether oxygens (including phenoxy) is 1. The fraction of sp³-hybridized carbons (Fsp3) is 0.400. The van der Waals surface area contributed by atoms with Crippen LogP contribution in [0.15, 0.2) is 30.3 Å². The molecule has 22 heavy (non-hydrogen) atoms. The molecule has 1 aromatic carbocycles. The fourth-order valence-corrected chi connectivity index (χ4v) is 2.20. The third-order valence-electron chi connectivity index (χ3n) is 3.03. The van der Waals surface area contributed by atoms with Gasteiger partial charge in [0.15, 0.2) is 0 Å². The van der Waals surface area contributed by atoms with E-state index in [2.05, 4.69) is 22.9 Å². The molecule has 7 heteroatoms. The highest BCUT2D eigenvalue weighted by Crippen LogP contribution is 2.36. The van der Waals surface area contributed by atoms with E-state index in [0.717, 1.165) is 24.9 Å². The van der Waals surface area contributed by atoms with Crippen LogP contribution in [0.2, 0.25) is 0 Å². The first-order valence-electron chi connectivity index (χ1n) is 6.93. The zero-order valence-corrected chi connectivity index (χ0v) is 12.8. The number of halogens is 3. The van der Waals surface area contributed by atoms with Crippen molar-refractivity contribution >= 4 is 23.5 Å². The van der Waals surface area contributed by atoms with Crippen LogP contribution >= 0.6 is 12.6 Å². The Kier molecular flexibility index (Phi) is 5.90. The number of aromatic nitrogens is 1. The first-order chi connectivity index (χ1) is 10.5. The Morgan fingerprint density at radius 1 is 1.18 bits per heavy atom. The molecule has 0 amide bonds. The molecule has 1 aromatic heterocycles. The van der Waals surface area contributed by atoms with Gasteiger partial charge < -0.3 is 10.1 Å². The Bertz CT molecular complexity index is 619. The van der Waals surface area contributed by atoms with Crippen LogP contribution in [0.1, 0.15) is 12.0 Å². The molecule has 3 nitrogen and oxygen atoms in total. The number of pyridine rings is 1. The van der Waals surface area contributed by atoms with E-state index in [1.807, 2.05) is 0 Å². The summed E-state index contributed by atoms with van der Waals surface area (Å²) in [6.45, 7) is 1.82. The molecule has 0 fully saturated rings. The van der Waals surface area contributed by atoms with Crippen LogP contribution in [0.25, 0.3) is 10.9 Å². The lowest BCUT2D eigenvalue weighted by Gasteiger charge is -2.13. The molecule has 1 N–H and O–H groups in total. The predicted molar refractivity (Wildman–Crippen MR) is 83.6 cm³/mol. The van der Waals surface area contributed by atoms with Gasteiger partial charge in [-0.1, -0.05) is 18.2 Å². The minimum absolute atomic E-state index is 0.000204. The van der Waals surface area contributed by atoms with Crippen molar-refractivity contribution < 1.29 is 17.9 Å². The van der Waals surface area contributed by atoms with Gasteiger partial charge in [-0.3, -0.25) is 0 Å². The standard InChI is InChI=1S/C15H17F3N2OS/c16-15(17,18)12-10-14(21-8-3-6-19-7-9-22)20-13-5-2-1-4-11(12)13/h1-2,4-5,10,19,22H,3,6-9H2. The lowest BCUT2D eigenvalue weighted by atomic mass is 10.1. The summed E-state index contributed by atoms with van der Waals surface area (Å²) >= 11 is 4.07. The van der Waals surface area contributed by atoms with Crippen LogP contribution in [0.3, 0.4) is 0 Å². The average Bonchev–Trinajstić information content (AvgIpc) is 2.49. The number of nitrogens with one attached hydrogen (secondary N) is 1. The minimum Gasteiger partial charge on any atom is -0.478 e. The van der Waals surface area contributed by atoms with Gasteiger partial charge in [-0.15, -0.1) is 0 Å². The smallest absolute Gasteiger partial charge is 0.417 e. The molecule has 1 heterocycles. The Labute approximate surface area is 132 Å². The third-order valence-corrected chi connectivity index (χ3v) is 3.26. The second-order valence-electron chi connectivity index (χ2n) is 4.70. The van der Waals surface area contributed by atoms with Crippen LogP contribution in [-0.4, -0.2) is 30.4 Å². The van der Waals surface area contributed by atoms with Crippen molar-refractivity contribution in [3.8, 4) is 5.88 Å². The summed E-state index contributed by atoms with van der Waals surface area (Å²) < 4.78 is 44.7. The van der Waals surface area contributed by atoms with Gasteiger partial charge in [-0.2, -0.15) is 25.8 Å². The number of benzene rings is 1. The maximum absolute atomic E-state index is 13.1. The molecule has 0 saturated carbocycles. The van der Waals surface area contributed by atoms with Crippen LogP contribution in [-0.2, 0) is 6.18 Å².